The van der Waals surface area contributed by atoms with E-state index in [4.69, 9.17) is 10.5 Å². The van der Waals surface area contributed by atoms with Gasteiger partial charge in [0.15, 0.2) is 0 Å². The highest BCUT2D eigenvalue weighted by atomic mass is 16.5. The predicted octanol–water partition coefficient (Wildman–Crippen LogP) is 0.979. The second kappa shape index (κ2) is 7.56. The Morgan fingerprint density at radius 3 is 2.52 bits per heavy atom. The summed E-state index contributed by atoms with van der Waals surface area (Å²) >= 11 is 0. The van der Waals surface area contributed by atoms with Crippen LogP contribution in [-0.2, 0) is 9.53 Å². The average molecular weight is 297 g/mol. The Morgan fingerprint density at radius 2 is 2.00 bits per heavy atom. The number of ether oxygens (including phenoxy) is 1. The SMILES string of the molecule is CCCNC(CN(C)CC1CCOCC1)(C(N)=O)C1CC1. The molecule has 1 atom stereocenters. The number of nitrogens with zero attached hydrogens (tertiary/aromatic N) is 1. The van der Waals surface area contributed by atoms with E-state index < -0.39 is 5.54 Å². The molecule has 21 heavy (non-hydrogen) atoms. The molecule has 0 spiro atoms. The minimum atomic E-state index is -0.532. The lowest BCUT2D eigenvalue weighted by Crippen LogP contribution is -2.63. The van der Waals surface area contributed by atoms with Crippen molar-refractivity contribution in [2.24, 2.45) is 17.6 Å². The Kier molecular flexibility index (Phi) is 6.02. The summed E-state index contributed by atoms with van der Waals surface area (Å²) < 4.78 is 5.42. The summed E-state index contributed by atoms with van der Waals surface area (Å²) in [6, 6.07) is 0. The molecule has 122 valence electrons. The Morgan fingerprint density at radius 1 is 1.33 bits per heavy atom. The topological polar surface area (TPSA) is 67.6 Å². The summed E-state index contributed by atoms with van der Waals surface area (Å²) in [6.45, 7) is 6.47. The van der Waals surface area contributed by atoms with Crippen LogP contribution in [0.5, 0.6) is 0 Å². The molecule has 0 radical (unpaired) electrons. The Labute approximate surface area is 128 Å². The highest BCUT2D eigenvalue weighted by molar-refractivity contribution is 5.86. The molecule has 0 aromatic carbocycles. The van der Waals surface area contributed by atoms with Gasteiger partial charge in [-0.1, -0.05) is 6.92 Å². The van der Waals surface area contributed by atoms with Gasteiger partial charge in [0.2, 0.25) is 5.91 Å². The smallest absolute Gasteiger partial charge is 0.239 e. The lowest BCUT2D eigenvalue weighted by molar-refractivity contribution is -0.126. The molecule has 1 heterocycles. The number of carbonyl (C=O) groups is 1. The molecule has 1 aliphatic carbocycles. The third kappa shape index (κ3) is 4.41. The number of likely N-dealkylation sites (N-methyl/N-ethyl adjacent to an activating group) is 1. The highest BCUT2D eigenvalue weighted by Crippen LogP contribution is 2.40. The maximum absolute atomic E-state index is 12.1. The van der Waals surface area contributed by atoms with Crippen LogP contribution in [0.2, 0.25) is 0 Å². The van der Waals surface area contributed by atoms with Crippen molar-refractivity contribution in [2.45, 2.75) is 44.6 Å². The largest absolute Gasteiger partial charge is 0.381 e. The van der Waals surface area contributed by atoms with Gasteiger partial charge >= 0.3 is 0 Å². The van der Waals surface area contributed by atoms with Gasteiger partial charge in [-0.25, -0.2) is 0 Å². The van der Waals surface area contributed by atoms with Gasteiger partial charge < -0.3 is 20.7 Å². The number of nitrogens with one attached hydrogen (secondary N) is 1. The Balaban J connectivity index is 1.94. The van der Waals surface area contributed by atoms with Gasteiger partial charge in [-0.2, -0.15) is 0 Å². The second-order valence-corrected chi connectivity index (χ2v) is 6.79. The minimum absolute atomic E-state index is 0.183. The number of amides is 1. The first kappa shape index (κ1) is 16.7. The normalized spacial score (nSPS) is 23.2. The zero-order valence-electron chi connectivity index (χ0n) is 13.6. The fraction of sp³-hybridized carbons (Fsp3) is 0.938. The van der Waals surface area contributed by atoms with Crippen molar-refractivity contribution in [1.82, 2.24) is 10.2 Å². The average Bonchev–Trinajstić information content (AvgIpc) is 3.29. The zero-order valence-corrected chi connectivity index (χ0v) is 13.6. The van der Waals surface area contributed by atoms with E-state index in [-0.39, 0.29) is 5.91 Å². The molecule has 5 heteroatoms. The molecule has 1 saturated carbocycles. The summed E-state index contributed by atoms with van der Waals surface area (Å²) in [6.07, 6.45) is 5.50. The van der Waals surface area contributed by atoms with Crippen molar-refractivity contribution >= 4 is 5.91 Å². The molecule has 1 amide bonds. The second-order valence-electron chi connectivity index (χ2n) is 6.79. The van der Waals surface area contributed by atoms with Crippen LogP contribution < -0.4 is 11.1 Å². The van der Waals surface area contributed by atoms with Gasteiger partial charge in [0, 0.05) is 26.3 Å². The Bertz CT molecular complexity index is 340. The number of hydrogen-bond donors (Lipinski definition) is 2. The van der Waals surface area contributed by atoms with Crippen molar-refractivity contribution in [3.63, 3.8) is 0 Å². The molecule has 0 bridgehead atoms. The number of hydrogen-bond acceptors (Lipinski definition) is 4. The summed E-state index contributed by atoms with van der Waals surface area (Å²) in [5.41, 5.74) is 5.25. The minimum Gasteiger partial charge on any atom is -0.381 e. The van der Waals surface area contributed by atoms with Gasteiger partial charge in [-0.05, 0) is 57.5 Å². The first-order valence-electron chi connectivity index (χ1n) is 8.39. The van der Waals surface area contributed by atoms with Gasteiger partial charge in [-0.3, -0.25) is 4.79 Å². The summed E-state index contributed by atoms with van der Waals surface area (Å²) in [5.74, 6) is 0.913. The van der Waals surface area contributed by atoms with Gasteiger partial charge in [0.25, 0.3) is 0 Å². The predicted molar refractivity (Wildman–Crippen MR) is 84.0 cm³/mol. The van der Waals surface area contributed by atoms with Crippen LogP contribution in [-0.4, -0.2) is 56.2 Å². The van der Waals surface area contributed by atoms with E-state index in [0.29, 0.717) is 11.8 Å². The highest BCUT2D eigenvalue weighted by Gasteiger charge is 2.50. The third-order valence-electron chi connectivity index (χ3n) is 4.83. The van der Waals surface area contributed by atoms with Crippen molar-refractivity contribution < 1.29 is 9.53 Å². The van der Waals surface area contributed by atoms with E-state index in [1.165, 1.54) is 0 Å². The van der Waals surface area contributed by atoms with E-state index in [1.54, 1.807) is 0 Å². The molecule has 5 nitrogen and oxygen atoms in total. The van der Waals surface area contributed by atoms with Crippen LogP contribution in [0.1, 0.15) is 39.0 Å². The molecular formula is C16H31N3O2. The maximum Gasteiger partial charge on any atom is 0.239 e. The van der Waals surface area contributed by atoms with Gasteiger partial charge in [0.1, 0.15) is 5.54 Å². The first-order valence-corrected chi connectivity index (χ1v) is 8.39. The molecule has 0 aromatic rings. The van der Waals surface area contributed by atoms with Crippen LogP contribution in [0.4, 0.5) is 0 Å². The van der Waals surface area contributed by atoms with Crippen LogP contribution in [0, 0.1) is 11.8 Å². The molecular weight excluding hydrogens is 266 g/mol. The van der Waals surface area contributed by atoms with Gasteiger partial charge in [-0.15, -0.1) is 0 Å². The van der Waals surface area contributed by atoms with Crippen molar-refractivity contribution in [3.8, 4) is 0 Å². The Hall–Kier alpha value is -0.650. The molecule has 1 aliphatic heterocycles. The quantitative estimate of drug-likeness (QED) is 0.666. The summed E-state index contributed by atoms with van der Waals surface area (Å²) in [7, 11) is 2.11. The molecule has 1 unspecified atom stereocenters. The number of carbonyl (C=O) groups excluding carboxylic acids is 1. The van der Waals surface area contributed by atoms with E-state index in [1.807, 2.05) is 0 Å². The summed E-state index contributed by atoms with van der Waals surface area (Å²) in [5, 5.41) is 3.47. The lowest BCUT2D eigenvalue weighted by atomic mass is 9.90. The van der Waals surface area contributed by atoms with Crippen molar-refractivity contribution in [2.75, 3.05) is 39.9 Å². The first-order chi connectivity index (χ1) is 10.1. The number of nitrogens with two attached hydrogens (primary N) is 1. The van der Waals surface area contributed by atoms with Crippen LogP contribution in [0.25, 0.3) is 0 Å². The number of rotatable bonds is 9. The van der Waals surface area contributed by atoms with Crippen LogP contribution in [0.15, 0.2) is 0 Å². The molecule has 2 aliphatic rings. The van der Waals surface area contributed by atoms with Crippen LogP contribution in [0.3, 0.4) is 0 Å². The van der Waals surface area contributed by atoms with Crippen molar-refractivity contribution in [3.05, 3.63) is 0 Å². The van der Waals surface area contributed by atoms with E-state index in [0.717, 1.165) is 65.0 Å². The molecule has 1 saturated heterocycles. The fourth-order valence-electron chi connectivity index (χ4n) is 3.48. The molecule has 3 N–H and O–H groups in total. The van der Waals surface area contributed by atoms with Crippen LogP contribution >= 0.6 is 0 Å². The molecule has 2 fully saturated rings. The van der Waals surface area contributed by atoms with Crippen molar-refractivity contribution in [1.29, 1.82) is 0 Å². The zero-order chi connectivity index (χ0) is 15.3. The fourth-order valence-corrected chi connectivity index (χ4v) is 3.48. The van der Waals surface area contributed by atoms with E-state index in [9.17, 15) is 4.79 Å². The lowest BCUT2D eigenvalue weighted by Gasteiger charge is -2.37. The monoisotopic (exact) mass is 297 g/mol. The standard InChI is InChI=1S/C16H31N3O2/c1-3-8-18-16(15(17)20,14-4-5-14)12-19(2)11-13-6-9-21-10-7-13/h13-14,18H,3-12H2,1-2H3,(H2,17,20). The molecule has 0 aromatic heterocycles. The summed E-state index contributed by atoms with van der Waals surface area (Å²) in [4.78, 5) is 14.4. The molecule has 2 rings (SSSR count). The van der Waals surface area contributed by atoms with E-state index >= 15 is 0 Å². The van der Waals surface area contributed by atoms with Gasteiger partial charge in [0.05, 0.1) is 0 Å². The third-order valence-corrected chi connectivity index (χ3v) is 4.83. The maximum atomic E-state index is 12.1. The number of primary amides is 1. The van der Waals surface area contributed by atoms with E-state index in [2.05, 4.69) is 24.2 Å².